The maximum Gasteiger partial charge on any atom is 0.260 e. The van der Waals surface area contributed by atoms with Gasteiger partial charge in [0.25, 0.3) is 5.91 Å². The van der Waals surface area contributed by atoms with Gasteiger partial charge in [-0.15, -0.1) is 0 Å². The zero-order valence-electron chi connectivity index (χ0n) is 13.5. The molecule has 5 nitrogen and oxygen atoms in total. The van der Waals surface area contributed by atoms with Crippen LogP contribution in [0.4, 0.5) is 4.39 Å². The summed E-state index contributed by atoms with van der Waals surface area (Å²) in [6.45, 7) is 2.87. The number of carbonyl (C=O) groups is 1. The van der Waals surface area contributed by atoms with Crippen molar-refractivity contribution in [2.45, 2.75) is 38.3 Å². The van der Waals surface area contributed by atoms with Gasteiger partial charge in [0.15, 0.2) is 0 Å². The Morgan fingerprint density at radius 2 is 2.08 bits per heavy atom. The number of carbonyl (C=O) groups excluding carboxylic acids is 1. The molecule has 2 aliphatic rings. The van der Waals surface area contributed by atoms with Crippen molar-refractivity contribution in [3.05, 3.63) is 41.4 Å². The van der Waals surface area contributed by atoms with Crippen LogP contribution in [0, 0.1) is 12.7 Å². The van der Waals surface area contributed by atoms with Crippen molar-refractivity contribution in [2.75, 3.05) is 13.2 Å². The minimum atomic E-state index is -0.325. The SMILES string of the molecule is Cc1onc(-c2ccc(F)cc2)c1C(=O)N1CCO[C@@H]2CCC[C@@H]21. The Bertz CT molecular complexity index is 756. The van der Waals surface area contributed by atoms with Crippen LogP contribution in [0.25, 0.3) is 11.3 Å². The largest absolute Gasteiger partial charge is 0.374 e. The van der Waals surface area contributed by atoms with Gasteiger partial charge in [-0.3, -0.25) is 4.79 Å². The first-order valence-corrected chi connectivity index (χ1v) is 8.30. The van der Waals surface area contributed by atoms with Crippen LogP contribution >= 0.6 is 0 Å². The zero-order valence-corrected chi connectivity index (χ0v) is 13.5. The standard InChI is InChI=1S/C18H19FN2O3/c1-11-16(17(20-24-11)12-5-7-13(19)8-6-12)18(22)21-9-10-23-15-4-2-3-14(15)21/h5-8,14-15H,2-4,9-10H2,1H3/t14-,15+/m0/s1. The van der Waals surface area contributed by atoms with Gasteiger partial charge in [0, 0.05) is 12.1 Å². The number of ether oxygens (including phenoxy) is 1. The molecule has 1 aromatic heterocycles. The molecule has 126 valence electrons. The molecule has 2 aromatic rings. The van der Waals surface area contributed by atoms with Crippen LogP contribution < -0.4 is 0 Å². The number of nitrogens with zero attached hydrogens (tertiary/aromatic N) is 2. The van der Waals surface area contributed by atoms with Gasteiger partial charge in [0.2, 0.25) is 0 Å². The lowest BCUT2D eigenvalue weighted by atomic mass is 10.0. The number of benzene rings is 1. The molecular formula is C18H19FN2O3. The monoisotopic (exact) mass is 330 g/mol. The summed E-state index contributed by atoms with van der Waals surface area (Å²) >= 11 is 0. The van der Waals surface area contributed by atoms with Gasteiger partial charge in [-0.25, -0.2) is 4.39 Å². The third-order valence-corrected chi connectivity index (χ3v) is 4.94. The molecular weight excluding hydrogens is 311 g/mol. The van der Waals surface area contributed by atoms with Gasteiger partial charge >= 0.3 is 0 Å². The highest BCUT2D eigenvalue weighted by atomic mass is 19.1. The number of aromatic nitrogens is 1. The third kappa shape index (κ3) is 2.51. The molecule has 6 heteroatoms. The second-order valence-electron chi connectivity index (χ2n) is 6.38. The van der Waals surface area contributed by atoms with Crippen LogP contribution in [-0.2, 0) is 4.74 Å². The fraction of sp³-hybridized carbons (Fsp3) is 0.444. The average molecular weight is 330 g/mol. The van der Waals surface area contributed by atoms with Crippen molar-refractivity contribution >= 4 is 5.91 Å². The highest BCUT2D eigenvalue weighted by Gasteiger charge is 2.40. The van der Waals surface area contributed by atoms with E-state index < -0.39 is 0 Å². The molecule has 1 amide bonds. The number of rotatable bonds is 2. The van der Waals surface area contributed by atoms with Gasteiger partial charge in [0.05, 0.1) is 18.8 Å². The van der Waals surface area contributed by atoms with Crippen LogP contribution in [0.1, 0.15) is 35.4 Å². The maximum atomic E-state index is 13.2. The predicted molar refractivity (Wildman–Crippen MR) is 85.0 cm³/mol. The molecule has 0 unspecified atom stereocenters. The third-order valence-electron chi connectivity index (χ3n) is 4.94. The normalized spacial score (nSPS) is 23.3. The van der Waals surface area contributed by atoms with E-state index >= 15 is 0 Å². The Morgan fingerprint density at radius 1 is 1.29 bits per heavy atom. The van der Waals surface area contributed by atoms with Crippen molar-refractivity contribution < 1.29 is 18.4 Å². The molecule has 2 heterocycles. The minimum absolute atomic E-state index is 0.0757. The maximum absolute atomic E-state index is 13.2. The van der Waals surface area contributed by atoms with Gasteiger partial charge in [-0.1, -0.05) is 5.16 Å². The molecule has 1 aliphatic carbocycles. The molecule has 0 N–H and O–H groups in total. The van der Waals surface area contributed by atoms with E-state index in [0.717, 1.165) is 19.3 Å². The van der Waals surface area contributed by atoms with Crippen molar-refractivity contribution in [1.82, 2.24) is 10.1 Å². The fourth-order valence-corrected chi connectivity index (χ4v) is 3.75. The summed E-state index contributed by atoms with van der Waals surface area (Å²) in [6, 6.07) is 6.06. The average Bonchev–Trinajstić information content (AvgIpc) is 3.21. The highest BCUT2D eigenvalue weighted by Crippen LogP contribution is 2.33. The van der Waals surface area contributed by atoms with Crippen molar-refractivity contribution in [1.29, 1.82) is 0 Å². The second-order valence-corrected chi connectivity index (χ2v) is 6.38. The van der Waals surface area contributed by atoms with Crippen LogP contribution in [0.5, 0.6) is 0 Å². The Morgan fingerprint density at radius 3 is 2.88 bits per heavy atom. The molecule has 0 bridgehead atoms. The lowest BCUT2D eigenvalue weighted by Gasteiger charge is -2.37. The number of morpholine rings is 1. The second kappa shape index (κ2) is 6.02. The molecule has 2 atom stereocenters. The number of fused-ring (bicyclic) bond motifs is 1. The molecule has 1 aromatic carbocycles. The van der Waals surface area contributed by atoms with E-state index in [9.17, 15) is 9.18 Å². The van der Waals surface area contributed by atoms with Crippen molar-refractivity contribution in [3.63, 3.8) is 0 Å². The van der Waals surface area contributed by atoms with E-state index in [1.54, 1.807) is 19.1 Å². The van der Waals surface area contributed by atoms with Gasteiger partial charge in [-0.2, -0.15) is 0 Å². The quantitative estimate of drug-likeness (QED) is 0.848. The summed E-state index contributed by atoms with van der Waals surface area (Å²) < 4.78 is 24.2. The number of hydrogen-bond acceptors (Lipinski definition) is 4. The van der Waals surface area contributed by atoms with Crippen LogP contribution in [-0.4, -0.2) is 41.3 Å². The number of amides is 1. The summed E-state index contributed by atoms with van der Waals surface area (Å²) in [7, 11) is 0. The van der Waals surface area contributed by atoms with E-state index in [-0.39, 0.29) is 23.9 Å². The lowest BCUT2D eigenvalue weighted by Crippen LogP contribution is -2.51. The first-order valence-electron chi connectivity index (χ1n) is 8.30. The lowest BCUT2D eigenvalue weighted by molar-refractivity contribution is -0.0445. The van der Waals surface area contributed by atoms with Gasteiger partial charge in [0.1, 0.15) is 22.8 Å². The molecule has 4 rings (SSSR count). The number of hydrogen-bond donors (Lipinski definition) is 0. The molecule has 1 saturated heterocycles. The van der Waals surface area contributed by atoms with Crippen molar-refractivity contribution in [3.8, 4) is 11.3 Å². The molecule has 1 aliphatic heterocycles. The van der Waals surface area contributed by atoms with E-state index in [1.807, 2.05) is 4.90 Å². The van der Waals surface area contributed by atoms with E-state index in [0.29, 0.717) is 35.7 Å². The van der Waals surface area contributed by atoms with Crippen LogP contribution in [0.15, 0.2) is 28.8 Å². The molecule has 2 fully saturated rings. The zero-order chi connectivity index (χ0) is 16.7. The van der Waals surface area contributed by atoms with Gasteiger partial charge in [-0.05, 0) is 50.5 Å². The van der Waals surface area contributed by atoms with E-state index in [2.05, 4.69) is 5.16 Å². The predicted octanol–water partition coefficient (Wildman–Crippen LogP) is 3.18. The molecule has 0 radical (unpaired) electrons. The Hall–Kier alpha value is -2.21. The minimum Gasteiger partial charge on any atom is -0.374 e. The Kier molecular flexibility index (Phi) is 3.84. The number of aryl methyl sites for hydroxylation is 1. The number of halogens is 1. The van der Waals surface area contributed by atoms with Crippen molar-refractivity contribution in [2.24, 2.45) is 0 Å². The topological polar surface area (TPSA) is 55.6 Å². The first-order chi connectivity index (χ1) is 11.6. The Labute approximate surface area is 139 Å². The summed E-state index contributed by atoms with van der Waals surface area (Å²) in [5, 5.41) is 4.04. The van der Waals surface area contributed by atoms with Crippen LogP contribution in [0.2, 0.25) is 0 Å². The first kappa shape index (κ1) is 15.3. The smallest absolute Gasteiger partial charge is 0.260 e. The van der Waals surface area contributed by atoms with Crippen LogP contribution in [0.3, 0.4) is 0 Å². The molecule has 24 heavy (non-hydrogen) atoms. The summed E-state index contributed by atoms with van der Waals surface area (Å²) in [6.07, 6.45) is 3.18. The molecule has 1 saturated carbocycles. The molecule has 0 spiro atoms. The summed E-state index contributed by atoms with van der Waals surface area (Å²) in [4.78, 5) is 15.1. The van der Waals surface area contributed by atoms with E-state index in [4.69, 9.17) is 9.26 Å². The fourth-order valence-electron chi connectivity index (χ4n) is 3.75. The van der Waals surface area contributed by atoms with Gasteiger partial charge < -0.3 is 14.2 Å². The highest BCUT2D eigenvalue weighted by molar-refractivity contribution is 6.01. The summed E-state index contributed by atoms with van der Waals surface area (Å²) in [5.41, 5.74) is 1.61. The van der Waals surface area contributed by atoms with E-state index in [1.165, 1.54) is 12.1 Å². The summed E-state index contributed by atoms with van der Waals surface area (Å²) in [5.74, 6) is 0.0856. The Balaban J connectivity index is 1.69.